The molecule has 1 aliphatic heterocycles. The Morgan fingerprint density at radius 3 is 1.70 bits per heavy atom. The maximum atomic E-state index is 6.88. The molecule has 0 spiro atoms. The highest BCUT2D eigenvalue weighted by molar-refractivity contribution is 6.20. The molecule has 12 rings (SSSR count). The molecule has 0 N–H and O–H groups in total. The van der Waals surface area contributed by atoms with Crippen molar-refractivity contribution < 1.29 is 4.74 Å². The van der Waals surface area contributed by atoms with E-state index < -0.39 is 0 Å². The number of hydrogen-bond donors (Lipinski definition) is 0. The minimum Gasteiger partial charge on any atom is -0.457 e. The second-order valence-corrected chi connectivity index (χ2v) is 18.1. The zero-order valence-corrected chi connectivity index (χ0v) is 37.1. The average molecular weight is 854 g/mol. The molecule has 11 aromatic rings. The van der Waals surface area contributed by atoms with E-state index in [4.69, 9.17) is 9.72 Å². The van der Waals surface area contributed by atoms with Crippen molar-refractivity contribution in [2.75, 3.05) is 16.5 Å². The van der Waals surface area contributed by atoms with Gasteiger partial charge in [0.2, 0.25) is 0 Å². The fourth-order valence-electron chi connectivity index (χ4n) is 9.74. The van der Waals surface area contributed by atoms with Gasteiger partial charge in [-0.3, -0.25) is 4.57 Å². The van der Waals surface area contributed by atoms with Crippen LogP contribution in [0.1, 0.15) is 26.3 Å². The number of aromatic nitrogens is 3. The number of rotatable bonds is 8. The molecule has 0 atom stereocenters. The van der Waals surface area contributed by atoms with E-state index in [1.54, 1.807) is 0 Å². The van der Waals surface area contributed by atoms with Gasteiger partial charge in [-0.05, 0) is 118 Å². The maximum absolute atomic E-state index is 6.88. The smallest absolute Gasteiger partial charge is 0.137 e. The van der Waals surface area contributed by atoms with Crippen molar-refractivity contribution in [2.45, 2.75) is 26.2 Å². The first-order valence-electron chi connectivity index (χ1n) is 22.6. The fourth-order valence-corrected chi connectivity index (χ4v) is 9.74. The topological polar surface area (TPSA) is 38.5 Å². The summed E-state index contributed by atoms with van der Waals surface area (Å²) in [6.45, 7) is 7.39. The fraction of sp³-hybridized carbons (Fsp3) is 0.0833. The molecule has 0 fully saturated rings. The van der Waals surface area contributed by atoms with Crippen molar-refractivity contribution in [3.63, 3.8) is 0 Å². The van der Waals surface area contributed by atoms with E-state index in [0.717, 1.165) is 78.6 Å². The van der Waals surface area contributed by atoms with Crippen LogP contribution < -0.4 is 14.5 Å². The van der Waals surface area contributed by atoms with Crippen molar-refractivity contribution >= 4 is 55.6 Å². The third-order valence-corrected chi connectivity index (χ3v) is 12.9. The van der Waals surface area contributed by atoms with Crippen molar-refractivity contribution in [3.8, 4) is 45.3 Å². The van der Waals surface area contributed by atoms with Crippen molar-refractivity contribution in [1.29, 1.82) is 0 Å². The standard InChI is InChI=1S/C60H47N5O/c1-60(2,3)45-32-33-61-57(37-45)65-56-39-50(30-31-52(56)58-59(65)51-26-13-14-27-53(51)64(58)46-22-11-6-12-23-46)66-49-25-17-24-47(38-49)62-40-63(55-29-16-15-28-54(55)62)48-35-43(41-18-7-4-8-19-41)34-44(36-48)42-20-9-5-10-21-42/h4-39H,40H2,1-3H3. The lowest BCUT2D eigenvalue weighted by Crippen LogP contribution is -2.24. The van der Waals surface area contributed by atoms with Crippen LogP contribution >= 0.6 is 0 Å². The van der Waals surface area contributed by atoms with Gasteiger partial charge in [-0.25, -0.2) is 4.98 Å². The lowest BCUT2D eigenvalue weighted by Gasteiger charge is -2.24. The number of nitrogens with zero attached hydrogens (tertiary/aromatic N) is 5. The zero-order chi connectivity index (χ0) is 44.4. The lowest BCUT2D eigenvalue weighted by atomic mass is 9.88. The first-order valence-corrected chi connectivity index (χ1v) is 22.6. The molecule has 1 aliphatic rings. The van der Waals surface area contributed by atoms with Crippen LogP contribution in [0.5, 0.6) is 11.5 Å². The molecular weight excluding hydrogens is 807 g/mol. The highest BCUT2D eigenvalue weighted by Crippen LogP contribution is 2.47. The number of pyridine rings is 1. The van der Waals surface area contributed by atoms with E-state index >= 15 is 0 Å². The summed E-state index contributed by atoms with van der Waals surface area (Å²) in [4.78, 5) is 9.84. The second kappa shape index (κ2) is 15.7. The number of ether oxygens (including phenoxy) is 1. The molecule has 0 aliphatic carbocycles. The second-order valence-electron chi connectivity index (χ2n) is 18.1. The Labute approximate surface area is 384 Å². The van der Waals surface area contributed by atoms with Gasteiger partial charge >= 0.3 is 0 Å². The zero-order valence-electron chi connectivity index (χ0n) is 37.1. The van der Waals surface area contributed by atoms with E-state index in [2.05, 4.69) is 246 Å². The molecule has 0 saturated carbocycles. The largest absolute Gasteiger partial charge is 0.457 e. The molecule has 8 aromatic carbocycles. The summed E-state index contributed by atoms with van der Waals surface area (Å²) in [7, 11) is 0. The molecule has 66 heavy (non-hydrogen) atoms. The minimum atomic E-state index is -0.0543. The van der Waals surface area contributed by atoms with Crippen LogP contribution in [0.2, 0.25) is 0 Å². The number of fused-ring (bicyclic) bond motifs is 6. The Bertz CT molecular complexity index is 3530. The molecule has 6 heteroatoms. The summed E-state index contributed by atoms with van der Waals surface area (Å²) in [5, 5.41) is 2.28. The predicted molar refractivity (Wildman–Crippen MR) is 274 cm³/mol. The molecule has 0 saturated heterocycles. The highest BCUT2D eigenvalue weighted by atomic mass is 16.5. The van der Waals surface area contributed by atoms with Gasteiger partial charge in [0.15, 0.2) is 0 Å². The summed E-state index contributed by atoms with van der Waals surface area (Å²) < 4.78 is 11.6. The van der Waals surface area contributed by atoms with Gasteiger partial charge in [-0.2, -0.15) is 0 Å². The lowest BCUT2D eigenvalue weighted by molar-refractivity contribution is 0.483. The summed E-state index contributed by atoms with van der Waals surface area (Å²) in [6, 6.07) is 75.6. The normalized spacial score (nSPS) is 12.7. The van der Waals surface area contributed by atoms with Crippen LogP contribution in [0.15, 0.2) is 219 Å². The quantitative estimate of drug-likeness (QED) is 0.153. The summed E-state index contributed by atoms with van der Waals surface area (Å²) in [6.07, 6.45) is 1.94. The van der Waals surface area contributed by atoms with Crippen molar-refractivity contribution in [2.24, 2.45) is 0 Å². The monoisotopic (exact) mass is 853 g/mol. The summed E-state index contributed by atoms with van der Waals surface area (Å²) in [5.74, 6) is 2.38. The molecule has 0 amide bonds. The predicted octanol–water partition coefficient (Wildman–Crippen LogP) is 15.8. The van der Waals surface area contributed by atoms with Gasteiger partial charge in [-0.15, -0.1) is 0 Å². The van der Waals surface area contributed by atoms with Crippen LogP contribution in [0.25, 0.3) is 66.6 Å². The van der Waals surface area contributed by atoms with Crippen LogP contribution in [0, 0.1) is 0 Å². The van der Waals surface area contributed by atoms with Gasteiger partial charge in [0.1, 0.15) is 24.0 Å². The molecular formula is C60H47N5O. The molecule has 0 radical (unpaired) electrons. The van der Waals surface area contributed by atoms with E-state index in [-0.39, 0.29) is 5.41 Å². The summed E-state index contributed by atoms with van der Waals surface area (Å²) >= 11 is 0. The third kappa shape index (κ3) is 6.77. The minimum absolute atomic E-state index is 0.0543. The average Bonchev–Trinajstić information content (AvgIpc) is 4.02. The van der Waals surface area contributed by atoms with Gasteiger partial charge in [0, 0.05) is 46.2 Å². The van der Waals surface area contributed by atoms with Gasteiger partial charge in [0.05, 0.1) is 33.4 Å². The maximum Gasteiger partial charge on any atom is 0.137 e. The SMILES string of the molecule is CC(C)(C)c1ccnc(-n2c3cc(Oc4cccc(N5CN(c6cc(-c7ccccc7)cc(-c7ccccc7)c6)c6ccccc65)c4)ccc3c3c2c2ccccc2n3-c2ccccc2)c1. The van der Waals surface area contributed by atoms with E-state index in [0.29, 0.717) is 6.67 Å². The van der Waals surface area contributed by atoms with Crippen LogP contribution in [-0.2, 0) is 5.41 Å². The van der Waals surface area contributed by atoms with E-state index in [9.17, 15) is 0 Å². The van der Waals surface area contributed by atoms with Crippen LogP contribution in [0.4, 0.5) is 22.7 Å². The molecule has 4 heterocycles. The number of hydrogen-bond acceptors (Lipinski definition) is 4. The number of anilines is 4. The van der Waals surface area contributed by atoms with E-state index in [1.165, 1.54) is 27.8 Å². The van der Waals surface area contributed by atoms with Gasteiger partial charge in [0.25, 0.3) is 0 Å². The molecule has 6 nitrogen and oxygen atoms in total. The molecule has 3 aromatic heterocycles. The van der Waals surface area contributed by atoms with E-state index in [1.807, 2.05) is 12.3 Å². The number of para-hydroxylation sites is 4. The Morgan fingerprint density at radius 2 is 1.00 bits per heavy atom. The Balaban J connectivity index is 0.948. The van der Waals surface area contributed by atoms with Gasteiger partial charge < -0.3 is 19.1 Å². The Hall–Kier alpha value is -8.35. The molecule has 0 bridgehead atoms. The first kappa shape index (κ1) is 39.3. The first-order chi connectivity index (χ1) is 32.4. The van der Waals surface area contributed by atoms with Crippen molar-refractivity contribution in [1.82, 2.24) is 14.1 Å². The van der Waals surface area contributed by atoms with Crippen LogP contribution in [-0.4, -0.2) is 20.8 Å². The third-order valence-electron chi connectivity index (χ3n) is 12.9. The molecule has 318 valence electrons. The van der Waals surface area contributed by atoms with Gasteiger partial charge in [-0.1, -0.05) is 136 Å². The van der Waals surface area contributed by atoms with Crippen molar-refractivity contribution in [3.05, 3.63) is 224 Å². The number of benzene rings is 8. The van der Waals surface area contributed by atoms with Crippen LogP contribution in [0.3, 0.4) is 0 Å². The Kier molecular flexibility index (Phi) is 9.35. The molecule has 0 unspecified atom stereocenters. The Morgan fingerprint density at radius 1 is 0.424 bits per heavy atom. The summed E-state index contributed by atoms with van der Waals surface area (Å²) in [5.41, 5.74) is 15.9. The highest BCUT2D eigenvalue weighted by Gasteiger charge is 2.29.